The minimum Gasteiger partial charge on any atom is -0.497 e. The van der Waals surface area contributed by atoms with E-state index in [1.807, 2.05) is 31.2 Å². The van der Waals surface area contributed by atoms with Crippen molar-refractivity contribution in [1.82, 2.24) is 15.5 Å². The molecule has 0 radical (unpaired) electrons. The molecule has 2 amide bonds. The second-order valence-electron chi connectivity index (χ2n) is 5.31. The fourth-order valence-electron chi connectivity index (χ4n) is 2.34. The van der Waals surface area contributed by atoms with Crippen LogP contribution in [0.25, 0.3) is 0 Å². The number of benzene rings is 1. The molecular formula is C15H18N4O2S. The van der Waals surface area contributed by atoms with E-state index in [2.05, 4.69) is 20.8 Å². The number of hydrogen-bond donors (Lipinski definition) is 2. The first-order chi connectivity index (χ1) is 10.7. The topological polar surface area (TPSA) is 76.1 Å². The molecule has 1 aliphatic carbocycles. The smallest absolute Gasteiger partial charge is 0.321 e. The number of urea groups is 1. The van der Waals surface area contributed by atoms with E-state index in [9.17, 15) is 4.79 Å². The van der Waals surface area contributed by atoms with Gasteiger partial charge in [-0.25, -0.2) is 4.79 Å². The number of rotatable bonds is 5. The van der Waals surface area contributed by atoms with Gasteiger partial charge in [-0.05, 0) is 43.4 Å². The molecule has 0 bridgehead atoms. The quantitative estimate of drug-likeness (QED) is 0.888. The van der Waals surface area contributed by atoms with Crippen molar-refractivity contribution < 1.29 is 9.53 Å². The van der Waals surface area contributed by atoms with Gasteiger partial charge in [0.25, 0.3) is 0 Å². The van der Waals surface area contributed by atoms with Gasteiger partial charge in [-0.15, -0.1) is 10.2 Å². The van der Waals surface area contributed by atoms with Crippen molar-refractivity contribution in [3.05, 3.63) is 34.8 Å². The summed E-state index contributed by atoms with van der Waals surface area (Å²) in [7, 11) is 1.64. The molecule has 1 unspecified atom stereocenters. The summed E-state index contributed by atoms with van der Waals surface area (Å²) >= 11 is 1.36. The molecule has 6 nitrogen and oxygen atoms in total. The maximum absolute atomic E-state index is 12.2. The van der Waals surface area contributed by atoms with Crippen LogP contribution in [-0.2, 0) is 0 Å². The van der Waals surface area contributed by atoms with Gasteiger partial charge in [0.15, 0.2) is 0 Å². The van der Waals surface area contributed by atoms with Crippen LogP contribution in [0.3, 0.4) is 0 Å². The first-order valence-corrected chi connectivity index (χ1v) is 7.99. The van der Waals surface area contributed by atoms with Crippen LogP contribution in [0.5, 0.6) is 5.75 Å². The van der Waals surface area contributed by atoms with Crippen molar-refractivity contribution in [3.63, 3.8) is 0 Å². The Morgan fingerprint density at radius 2 is 2.05 bits per heavy atom. The van der Waals surface area contributed by atoms with Gasteiger partial charge in [0.2, 0.25) is 5.13 Å². The third-order valence-corrected chi connectivity index (χ3v) is 4.36. The zero-order valence-electron chi connectivity index (χ0n) is 12.5. The number of aromatic nitrogens is 2. The summed E-state index contributed by atoms with van der Waals surface area (Å²) in [5.41, 5.74) is 1.09. The van der Waals surface area contributed by atoms with Crippen molar-refractivity contribution in [1.29, 1.82) is 0 Å². The Balaban J connectivity index is 1.67. The molecule has 1 fully saturated rings. The SMILES string of the molecule is COc1ccc(C(NC(=O)Nc2nnc(C)s2)C2CC2)cc1. The van der Waals surface area contributed by atoms with Crippen LogP contribution < -0.4 is 15.4 Å². The summed E-state index contributed by atoms with van der Waals surface area (Å²) in [5, 5.41) is 14.9. The van der Waals surface area contributed by atoms with Gasteiger partial charge in [0.05, 0.1) is 13.2 Å². The molecule has 116 valence electrons. The minimum atomic E-state index is -0.246. The number of ether oxygens (including phenoxy) is 1. The molecule has 2 N–H and O–H groups in total. The van der Waals surface area contributed by atoms with Gasteiger partial charge in [0, 0.05) is 0 Å². The summed E-state index contributed by atoms with van der Waals surface area (Å²) in [6.07, 6.45) is 2.27. The number of nitrogens with one attached hydrogen (secondary N) is 2. The molecule has 1 saturated carbocycles. The highest BCUT2D eigenvalue weighted by atomic mass is 32.1. The lowest BCUT2D eigenvalue weighted by Gasteiger charge is -2.19. The second-order valence-corrected chi connectivity index (χ2v) is 6.49. The number of carbonyl (C=O) groups is 1. The fraction of sp³-hybridized carbons (Fsp3) is 0.400. The van der Waals surface area contributed by atoms with E-state index in [1.165, 1.54) is 11.3 Å². The minimum absolute atomic E-state index is 0.0138. The van der Waals surface area contributed by atoms with Crippen molar-refractivity contribution in [2.75, 3.05) is 12.4 Å². The van der Waals surface area contributed by atoms with Gasteiger partial charge in [-0.1, -0.05) is 23.5 Å². The van der Waals surface area contributed by atoms with Gasteiger partial charge in [-0.2, -0.15) is 0 Å². The predicted octanol–water partition coefficient (Wildman–Crippen LogP) is 3.13. The zero-order chi connectivity index (χ0) is 15.5. The van der Waals surface area contributed by atoms with Gasteiger partial charge in [0.1, 0.15) is 10.8 Å². The van der Waals surface area contributed by atoms with Crippen molar-refractivity contribution in [2.24, 2.45) is 5.92 Å². The van der Waals surface area contributed by atoms with E-state index in [0.29, 0.717) is 11.0 Å². The molecule has 1 aromatic heterocycles. The zero-order valence-corrected chi connectivity index (χ0v) is 13.3. The number of anilines is 1. The van der Waals surface area contributed by atoms with E-state index in [1.54, 1.807) is 7.11 Å². The summed E-state index contributed by atoms with van der Waals surface area (Å²) < 4.78 is 5.17. The molecule has 1 atom stereocenters. The molecule has 22 heavy (non-hydrogen) atoms. The van der Waals surface area contributed by atoms with Crippen LogP contribution >= 0.6 is 11.3 Å². The average molecular weight is 318 g/mol. The molecule has 1 aliphatic rings. The van der Waals surface area contributed by atoms with E-state index >= 15 is 0 Å². The molecule has 1 aromatic carbocycles. The van der Waals surface area contributed by atoms with Crippen molar-refractivity contribution in [3.8, 4) is 5.75 Å². The van der Waals surface area contributed by atoms with Gasteiger partial charge < -0.3 is 10.1 Å². The van der Waals surface area contributed by atoms with E-state index in [4.69, 9.17) is 4.74 Å². The molecule has 2 aromatic rings. The molecular weight excluding hydrogens is 300 g/mol. The fourth-order valence-corrected chi connectivity index (χ4v) is 2.92. The van der Waals surface area contributed by atoms with Crippen LogP contribution in [0, 0.1) is 12.8 Å². The molecule has 0 saturated heterocycles. The van der Waals surface area contributed by atoms with Crippen molar-refractivity contribution in [2.45, 2.75) is 25.8 Å². The summed E-state index contributed by atoms with van der Waals surface area (Å²) in [6.45, 7) is 1.85. The van der Waals surface area contributed by atoms with E-state index in [-0.39, 0.29) is 12.1 Å². The normalized spacial score (nSPS) is 15.2. The standard InChI is InChI=1S/C15H18N4O2S/c1-9-18-19-15(22-9)17-14(20)16-13(10-3-4-10)11-5-7-12(21-2)8-6-11/h5-8,10,13H,3-4H2,1-2H3,(H2,16,17,19,20). The number of hydrogen-bond acceptors (Lipinski definition) is 5. The van der Waals surface area contributed by atoms with Crippen LogP contribution in [-0.4, -0.2) is 23.3 Å². The maximum atomic E-state index is 12.2. The summed E-state index contributed by atoms with van der Waals surface area (Å²) in [4.78, 5) is 12.2. The maximum Gasteiger partial charge on any atom is 0.321 e. The first kappa shape index (κ1) is 14.8. The molecule has 3 rings (SSSR count). The number of aryl methyl sites for hydroxylation is 1. The van der Waals surface area contributed by atoms with E-state index < -0.39 is 0 Å². The molecule has 0 spiro atoms. The number of carbonyl (C=O) groups excluding carboxylic acids is 1. The van der Waals surface area contributed by atoms with Gasteiger partial charge in [-0.3, -0.25) is 5.32 Å². The Kier molecular flexibility index (Phi) is 4.24. The van der Waals surface area contributed by atoms with Crippen molar-refractivity contribution >= 4 is 22.5 Å². The lowest BCUT2D eigenvalue weighted by Crippen LogP contribution is -2.33. The van der Waals surface area contributed by atoms with Crippen LogP contribution in [0.2, 0.25) is 0 Å². The number of amides is 2. The van der Waals surface area contributed by atoms with E-state index in [0.717, 1.165) is 29.2 Å². The second kappa shape index (κ2) is 6.31. The Bertz CT molecular complexity index is 652. The Hall–Kier alpha value is -2.15. The third-order valence-electron chi connectivity index (χ3n) is 3.60. The highest BCUT2D eigenvalue weighted by Crippen LogP contribution is 2.41. The number of methoxy groups -OCH3 is 1. The average Bonchev–Trinajstić information content (AvgIpc) is 3.28. The largest absolute Gasteiger partial charge is 0.497 e. The predicted molar refractivity (Wildman–Crippen MR) is 85.3 cm³/mol. The highest BCUT2D eigenvalue weighted by Gasteiger charge is 2.33. The Labute approximate surface area is 132 Å². The molecule has 0 aliphatic heterocycles. The van der Waals surface area contributed by atoms with Crippen LogP contribution in [0.1, 0.15) is 29.5 Å². The molecule has 1 heterocycles. The lowest BCUT2D eigenvalue weighted by molar-refractivity contribution is 0.247. The monoisotopic (exact) mass is 318 g/mol. The Morgan fingerprint density at radius 1 is 1.32 bits per heavy atom. The highest BCUT2D eigenvalue weighted by molar-refractivity contribution is 7.15. The Morgan fingerprint density at radius 3 is 2.59 bits per heavy atom. The first-order valence-electron chi connectivity index (χ1n) is 7.17. The summed E-state index contributed by atoms with van der Waals surface area (Å²) in [6, 6.07) is 7.59. The van der Waals surface area contributed by atoms with Crippen LogP contribution in [0.15, 0.2) is 24.3 Å². The number of nitrogens with zero attached hydrogens (tertiary/aromatic N) is 2. The summed E-state index contributed by atoms with van der Waals surface area (Å²) in [5.74, 6) is 1.31. The lowest BCUT2D eigenvalue weighted by atomic mass is 10.0. The third kappa shape index (κ3) is 3.54. The van der Waals surface area contributed by atoms with Crippen LogP contribution in [0.4, 0.5) is 9.93 Å². The molecule has 7 heteroatoms. The van der Waals surface area contributed by atoms with Gasteiger partial charge >= 0.3 is 6.03 Å².